The van der Waals surface area contributed by atoms with Gasteiger partial charge in [-0.1, -0.05) is 0 Å². The van der Waals surface area contributed by atoms with Crippen molar-refractivity contribution in [3.05, 3.63) is 32.7 Å². The third-order valence-electron chi connectivity index (χ3n) is 2.84. The van der Waals surface area contributed by atoms with Gasteiger partial charge in [-0.25, -0.2) is 14.8 Å². The number of hydrogen-bond donors (Lipinski definition) is 1. The third-order valence-corrected chi connectivity index (χ3v) is 2.84. The number of nitrogens with zero attached hydrogens (tertiary/aromatic N) is 4. The smallest absolute Gasteiger partial charge is 0.330 e. The van der Waals surface area contributed by atoms with E-state index in [2.05, 4.69) is 9.97 Å². The first-order chi connectivity index (χ1) is 8.56. The summed E-state index contributed by atoms with van der Waals surface area (Å²) in [5, 5.41) is 0. The first kappa shape index (κ1) is 12.4. The van der Waals surface area contributed by atoms with Crippen molar-refractivity contribution in [2.45, 2.75) is 12.8 Å². The Morgan fingerprint density at radius 2 is 2.00 bits per heavy atom. The number of rotatable bonds is 3. The van der Waals surface area contributed by atoms with Crippen LogP contribution in [0.4, 0.5) is 0 Å². The van der Waals surface area contributed by atoms with Gasteiger partial charge in [0.25, 0.3) is 5.56 Å². The maximum atomic E-state index is 11.9. The molecule has 96 valence electrons. The van der Waals surface area contributed by atoms with Crippen LogP contribution in [0.3, 0.4) is 0 Å². The first-order valence-electron chi connectivity index (χ1n) is 5.68. The van der Waals surface area contributed by atoms with E-state index in [1.165, 1.54) is 11.6 Å². The minimum atomic E-state index is -0.425. The van der Waals surface area contributed by atoms with Crippen molar-refractivity contribution in [3.8, 4) is 0 Å². The minimum Gasteiger partial charge on any atom is -0.330 e. The Balaban J connectivity index is 2.70. The summed E-state index contributed by atoms with van der Waals surface area (Å²) in [7, 11) is 3.00. The van der Waals surface area contributed by atoms with E-state index in [0.717, 1.165) is 16.7 Å². The molecule has 7 heteroatoms. The van der Waals surface area contributed by atoms with Crippen LogP contribution in [0, 0.1) is 0 Å². The van der Waals surface area contributed by atoms with Gasteiger partial charge < -0.3 is 5.73 Å². The van der Waals surface area contributed by atoms with Crippen molar-refractivity contribution in [2.75, 3.05) is 6.54 Å². The van der Waals surface area contributed by atoms with Crippen LogP contribution in [0.15, 0.2) is 15.8 Å². The fraction of sp³-hybridized carbons (Fsp3) is 0.455. The van der Waals surface area contributed by atoms with Crippen LogP contribution in [0.1, 0.15) is 12.1 Å². The van der Waals surface area contributed by atoms with Gasteiger partial charge in [0.05, 0.1) is 5.69 Å². The molecule has 0 aliphatic carbocycles. The molecule has 0 amide bonds. The molecule has 0 saturated carbocycles. The normalized spacial score (nSPS) is 11.1. The molecule has 0 unspecified atom stereocenters. The lowest BCUT2D eigenvalue weighted by atomic mass is 10.2. The van der Waals surface area contributed by atoms with Crippen molar-refractivity contribution >= 4 is 11.2 Å². The van der Waals surface area contributed by atoms with E-state index < -0.39 is 11.2 Å². The molecule has 0 radical (unpaired) electrons. The third kappa shape index (κ3) is 1.92. The molecule has 18 heavy (non-hydrogen) atoms. The quantitative estimate of drug-likeness (QED) is 0.746. The van der Waals surface area contributed by atoms with Gasteiger partial charge in [0.1, 0.15) is 0 Å². The maximum Gasteiger partial charge on any atom is 0.332 e. The molecule has 0 bridgehead atoms. The van der Waals surface area contributed by atoms with Crippen molar-refractivity contribution < 1.29 is 0 Å². The molecule has 2 heterocycles. The van der Waals surface area contributed by atoms with E-state index in [4.69, 9.17) is 5.73 Å². The molecule has 0 aliphatic rings. The lowest BCUT2D eigenvalue weighted by Gasteiger charge is -2.07. The standard InChI is InChI=1S/C11H15N5O2/c1-15-9-8(10(17)16(2)11(15)18)13-6-7(14-9)4-3-5-12/h6H,3-5,12H2,1-2H3. The second-order valence-corrected chi connectivity index (χ2v) is 4.13. The van der Waals surface area contributed by atoms with Crippen LogP contribution < -0.4 is 17.0 Å². The molecule has 2 N–H and O–H groups in total. The molecule has 0 saturated heterocycles. The second-order valence-electron chi connectivity index (χ2n) is 4.13. The highest BCUT2D eigenvalue weighted by Crippen LogP contribution is 2.04. The highest BCUT2D eigenvalue weighted by atomic mass is 16.2. The topological polar surface area (TPSA) is 95.8 Å². The Hall–Kier alpha value is -2.02. The summed E-state index contributed by atoms with van der Waals surface area (Å²) in [6.45, 7) is 0.565. The molecule has 0 atom stereocenters. The lowest BCUT2D eigenvalue weighted by Crippen LogP contribution is -2.37. The van der Waals surface area contributed by atoms with Gasteiger partial charge in [-0.05, 0) is 19.4 Å². The zero-order chi connectivity index (χ0) is 13.3. The molecule has 0 fully saturated rings. The summed E-state index contributed by atoms with van der Waals surface area (Å²) in [6, 6.07) is 0. The first-order valence-corrected chi connectivity index (χ1v) is 5.68. The van der Waals surface area contributed by atoms with Crippen LogP contribution in [0.2, 0.25) is 0 Å². The summed E-state index contributed by atoms with van der Waals surface area (Å²) in [4.78, 5) is 32.0. The summed E-state index contributed by atoms with van der Waals surface area (Å²) < 4.78 is 2.35. The fourth-order valence-electron chi connectivity index (χ4n) is 1.76. The van der Waals surface area contributed by atoms with Crippen LogP contribution in [0.5, 0.6) is 0 Å². The molecular formula is C11H15N5O2. The summed E-state index contributed by atoms with van der Waals surface area (Å²) >= 11 is 0. The lowest BCUT2D eigenvalue weighted by molar-refractivity contribution is 0.700. The van der Waals surface area contributed by atoms with E-state index in [0.29, 0.717) is 18.6 Å². The summed E-state index contributed by atoms with van der Waals surface area (Å²) in [6.07, 6.45) is 3.03. The summed E-state index contributed by atoms with van der Waals surface area (Å²) in [5.41, 5.74) is 5.85. The molecule has 2 aromatic heterocycles. The highest BCUT2D eigenvalue weighted by molar-refractivity contribution is 5.68. The predicted octanol–water partition coefficient (Wildman–Crippen LogP) is -1.08. The summed E-state index contributed by atoms with van der Waals surface area (Å²) in [5.74, 6) is 0. The van der Waals surface area contributed by atoms with Crippen molar-refractivity contribution in [1.29, 1.82) is 0 Å². The van der Waals surface area contributed by atoms with Gasteiger partial charge in [0.15, 0.2) is 11.2 Å². The van der Waals surface area contributed by atoms with Crippen LogP contribution in [0.25, 0.3) is 11.2 Å². The Morgan fingerprint density at radius 1 is 1.28 bits per heavy atom. The van der Waals surface area contributed by atoms with Crippen LogP contribution >= 0.6 is 0 Å². The molecule has 0 spiro atoms. The van der Waals surface area contributed by atoms with E-state index in [9.17, 15) is 9.59 Å². The van der Waals surface area contributed by atoms with Crippen molar-refractivity contribution in [3.63, 3.8) is 0 Å². The van der Waals surface area contributed by atoms with E-state index >= 15 is 0 Å². The van der Waals surface area contributed by atoms with Gasteiger partial charge in [0.2, 0.25) is 0 Å². The largest absolute Gasteiger partial charge is 0.332 e. The Morgan fingerprint density at radius 3 is 2.67 bits per heavy atom. The second kappa shape index (κ2) is 4.69. The average molecular weight is 249 g/mol. The van der Waals surface area contributed by atoms with E-state index in [1.807, 2.05) is 0 Å². The van der Waals surface area contributed by atoms with E-state index in [1.54, 1.807) is 13.2 Å². The highest BCUT2D eigenvalue weighted by Gasteiger charge is 2.11. The number of nitrogens with two attached hydrogens (primary N) is 1. The number of fused-ring (bicyclic) bond motifs is 1. The molecule has 0 aliphatic heterocycles. The number of aryl methyl sites for hydroxylation is 2. The van der Waals surface area contributed by atoms with Gasteiger partial charge >= 0.3 is 5.69 Å². The molecule has 7 nitrogen and oxygen atoms in total. The maximum absolute atomic E-state index is 11.9. The van der Waals surface area contributed by atoms with Crippen LogP contribution in [-0.2, 0) is 20.5 Å². The molecular weight excluding hydrogens is 234 g/mol. The minimum absolute atomic E-state index is 0.205. The Labute approximate surface area is 103 Å². The Bertz CT molecular complexity index is 701. The Kier molecular flexibility index (Phi) is 3.24. The zero-order valence-electron chi connectivity index (χ0n) is 10.4. The van der Waals surface area contributed by atoms with Gasteiger partial charge in [-0.2, -0.15) is 0 Å². The fourth-order valence-corrected chi connectivity index (χ4v) is 1.76. The van der Waals surface area contributed by atoms with E-state index in [-0.39, 0.29) is 5.52 Å². The van der Waals surface area contributed by atoms with Gasteiger partial charge in [0, 0.05) is 20.3 Å². The average Bonchev–Trinajstić information content (AvgIpc) is 2.40. The van der Waals surface area contributed by atoms with Gasteiger partial charge in [-0.3, -0.25) is 13.9 Å². The number of hydrogen-bond acceptors (Lipinski definition) is 5. The van der Waals surface area contributed by atoms with Crippen molar-refractivity contribution in [2.24, 2.45) is 19.8 Å². The molecule has 2 aromatic rings. The number of aromatic nitrogens is 4. The molecule has 2 rings (SSSR count). The van der Waals surface area contributed by atoms with Crippen LogP contribution in [-0.4, -0.2) is 25.6 Å². The SMILES string of the molecule is Cn1c(=O)c2ncc(CCCN)nc2n(C)c1=O. The van der Waals surface area contributed by atoms with Gasteiger partial charge in [-0.15, -0.1) is 0 Å². The monoisotopic (exact) mass is 249 g/mol. The zero-order valence-corrected chi connectivity index (χ0v) is 10.4. The molecule has 0 aromatic carbocycles. The van der Waals surface area contributed by atoms with Crippen molar-refractivity contribution in [1.82, 2.24) is 19.1 Å². The predicted molar refractivity (Wildman–Crippen MR) is 67.4 cm³/mol.